The summed E-state index contributed by atoms with van der Waals surface area (Å²) < 4.78 is 16.2. The van der Waals surface area contributed by atoms with Crippen LogP contribution < -0.4 is 0 Å². The van der Waals surface area contributed by atoms with Crippen LogP contribution in [-0.4, -0.2) is 38.9 Å². The summed E-state index contributed by atoms with van der Waals surface area (Å²) >= 11 is 3.49. The van der Waals surface area contributed by atoms with Gasteiger partial charge in [0, 0.05) is 25.7 Å². The Labute approximate surface area is 124 Å². The standard InChI is InChI=1S/C15H23BrO3/c1-13-4-6-14(7-5-13)15(12-16)19-11-10-18-9-3-8-17-2/h4-7,15H,3,8-12H2,1-2H3. The minimum atomic E-state index is 0.0863. The molecular formula is C15H23BrO3. The van der Waals surface area contributed by atoms with Crippen molar-refractivity contribution in [3.63, 3.8) is 0 Å². The van der Waals surface area contributed by atoms with E-state index in [2.05, 4.69) is 47.1 Å². The number of benzene rings is 1. The molecule has 0 fully saturated rings. The van der Waals surface area contributed by atoms with E-state index in [0.29, 0.717) is 13.2 Å². The maximum atomic E-state index is 5.82. The molecule has 0 heterocycles. The van der Waals surface area contributed by atoms with Crippen LogP contribution in [0.25, 0.3) is 0 Å². The molecule has 108 valence electrons. The van der Waals surface area contributed by atoms with E-state index in [4.69, 9.17) is 14.2 Å². The summed E-state index contributed by atoms with van der Waals surface area (Å²) in [6.07, 6.45) is 1.01. The summed E-state index contributed by atoms with van der Waals surface area (Å²) in [5.74, 6) is 0. The van der Waals surface area contributed by atoms with Crippen molar-refractivity contribution < 1.29 is 14.2 Å². The average molecular weight is 331 g/mol. The van der Waals surface area contributed by atoms with E-state index in [9.17, 15) is 0 Å². The molecule has 19 heavy (non-hydrogen) atoms. The number of aryl methyl sites for hydroxylation is 1. The summed E-state index contributed by atoms with van der Waals surface area (Å²) in [6, 6.07) is 8.44. The molecule has 0 N–H and O–H groups in total. The summed E-state index contributed by atoms with van der Waals surface area (Å²) in [7, 11) is 1.70. The predicted molar refractivity (Wildman–Crippen MR) is 81.0 cm³/mol. The van der Waals surface area contributed by atoms with Gasteiger partial charge in [0.05, 0.1) is 19.3 Å². The number of hydrogen-bond donors (Lipinski definition) is 0. The summed E-state index contributed by atoms with van der Waals surface area (Å²) in [4.78, 5) is 0. The van der Waals surface area contributed by atoms with E-state index < -0.39 is 0 Å². The molecule has 3 nitrogen and oxygen atoms in total. The summed E-state index contributed by atoms with van der Waals surface area (Å²) in [5.41, 5.74) is 2.46. The van der Waals surface area contributed by atoms with Crippen molar-refractivity contribution in [3.05, 3.63) is 35.4 Å². The first-order valence-electron chi connectivity index (χ1n) is 6.58. The van der Waals surface area contributed by atoms with Crippen LogP contribution >= 0.6 is 15.9 Å². The maximum absolute atomic E-state index is 5.82. The number of halogens is 1. The Morgan fingerprint density at radius 3 is 2.42 bits per heavy atom. The van der Waals surface area contributed by atoms with Crippen LogP contribution in [0.15, 0.2) is 24.3 Å². The lowest BCUT2D eigenvalue weighted by molar-refractivity contribution is 0.00979. The first kappa shape index (κ1) is 16.6. The van der Waals surface area contributed by atoms with Gasteiger partial charge in [-0.25, -0.2) is 0 Å². The minimum absolute atomic E-state index is 0.0863. The number of rotatable bonds is 10. The highest BCUT2D eigenvalue weighted by atomic mass is 79.9. The van der Waals surface area contributed by atoms with Gasteiger partial charge in [0.2, 0.25) is 0 Å². The summed E-state index contributed by atoms with van der Waals surface area (Å²) in [6.45, 7) is 4.78. The van der Waals surface area contributed by atoms with Crippen molar-refractivity contribution in [2.45, 2.75) is 19.4 Å². The molecule has 0 bridgehead atoms. The second-order valence-electron chi connectivity index (χ2n) is 4.38. The first-order chi connectivity index (χ1) is 9.27. The van der Waals surface area contributed by atoms with E-state index in [-0.39, 0.29) is 6.10 Å². The Morgan fingerprint density at radius 2 is 1.79 bits per heavy atom. The van der Waals surface area contributed by atoms with Crippen LogP contribution in [0.4, 0.5) is 0 Å². The molecule has 0 aromatic heterocycles. The number of hydrogen-bond acceptors (Lipinski definition) is 3. The second kappa shape index (κ2) is 10.4. The number of ether oxygens (including phenoxy) is 3. The van der Waals surface area contributed by atoms with Crippen molar-refractivity contribution in [1.29, 1.82) is 0 Å². The average Bonchev–Trinajstić information content (AvgIpc) is 2.43. The molecule has 1 atom stereocenters. The molecule has 1 aromatic rings. The Bertz CT molecular complexity index is 327. The molecular weight excluding hydrogens is 308 g/mol. The molecule has 0 spiro atoms. The Hall–Kier alpha value is -0.420. The molecule has 0 saturated carbocycles. The fraction of sp³-hybridized carbons (Fsp3) is 0.600. The van der Waals surface area contributed by atoms with E-state index in [0.717, 1.165) is 25.0 Å². The summed E-state index contributed by atoms with van der Waals surface area (Å²) in [5, 5.41) is 0.791. The van der Waals surface area contributed by atoms with Crippen molar-refractivity contribution in [3.8, 4) is 0 Å². The Kier molecular flexibility index (Phi) is 9.08. The van der Waals surface area contributed by atoms with Gasteiger partial charge in [-0.1, -0.05) is 45.8 Å². The Morgan fingerprint density at radius 1 is 1.05 bits per heavy atom. The molecule has 1 rings (SSSR count). The molecule has 0 radical (unpaired) electrons. The third-order valence-corrected chi connectivity index (χ3v) is 3.36. The smallest absolute Gasteiger partial charge is 0.0922 e. The van der Waals surface area contributed by atoms with Gasteiger partial charge in [-0.3, -0.25) is 0 Å². The minimum Gasteiger partial charge on any atom is -0.385 e. The van der Waals surface area contributed by atoms with E-state index in [1.54, 1.807) is 7.11 Å². The molecule has 0 aliphatic heterocycles. The van der Waals surface area contributed by atoms with Gasteiger partial charge >= 0.3 is 0 Å². The topological polar surface area (TPSA) is 27.7 Å². The van der Waals surface area contributed by atoms with Crippen LogP contribution in [0.1, 0.15) is 23.7 Å². The second-order valence-corrected chi connectivity index (χ2v) is 5.03. The van der Waals surface area contributed by atoms with Gasteiger partial charge in [-0.15, -0.1) is 0 Å². The highest BCUT2D eigenvalue weighted by Gasteiger charge is 2.09. The van der Waals surface area contributed by atoms with Gasteiger partial charge in [0.1, 0.15) is 0 Å². The fourth-order valence-corrected chi connectivity index (χ4v) is 2.23. The first-order valence-corrected chi connectivity index (χ1v) is 7.71. The third kappa shape index (κ3) is 7.06. The highest BCUT2D eigenvalue weighted by molar-refractivity contribution is 9.09. The molecule has 0 aliphatic carbocycles. The molecule has 0 amide bonds. The molecule has 0 saturated heterocycles. The SMILES string of the molecule is COCCCOCCOC(CBr)c1ccc(C)cc1. The normalized spacial score (nSPS) is 12.6. The lowest BCUT2D eigenvalue weighted by Gasteiger charge is -2.16. The van der Waals surface area contributed by atoms with Crippen molar-refractivity contribution in [2.24, 2.45) is 0 Å². The largest absolute Gasteiger partial charge is 0.385 e. The van der Waals surface area contributed by atoms with Gasteiger partial charge < -0.3 is 14.2 Å². The van der Waals surface area contributed by atoms with E-state index in [1.807, 2.05) is 0 Å². The molecule has 1 aromatic carbocycles. The zero-order valence-electron chi connectivity index (χ0n) is 11.7. The number of methoxy groups -OCH3 is 1. The predicted octanol–water partition coefficient (Wildman–Crippen LogP) is 3.50. The molecule has 1 unspecified atom stereocenters. The third-order valence-electron chi connectivity index (χ3n) is 2.77. The van der Waals surface area contributed by atoms with Crippen molar-refractivity contribution in [1.82, 2.24) is 0 Å². The maximum Gasteiger partial charge on any atom is 0.0922 e. The Balaban J connectivity index is 2.20. The van der Waals surface area contributed by atoms with Crippen molar-refractivity contribution in [2.75, 3.05) is 38.9 Å². The lowest BCUT2D eigenvalue weighted by Crippen LogP contribution is -2.12. The van der Waals surface area contributed by atoms with Crippen LogP contribution in [-0.2, 0) is 14.2 Å². The van der Waals surface area contributed by atoms with Gasteiger partial charge in [0.15, 0.2) is 0 Å². The van der Waals surface area contributed by atoms with Gasteiger partial charge in [-0.05, 0) is 18.9 Å². The molecule has 4 heteroatoms. The van der Waals surface area contributed by atoms with Crippen molar-refractivity contribution >= 4 is 15.9 Å². The zero-order valence-corrected chi connectivity index (χ0v) is 13.3. The van der Waals surface area contributed by atoms with Gasteiger partial charge in [0.25, 0.3) is 0 Å². The van der Waals surface area contributed by atoms with Crippen LogP contribution in [0.2, 0.25) is 0 Å². The van der Waals surface area contributed by atoms with Crippen LogP contribution in [0, 0.1) is 6.92 Å². The molecule has 0 aliphatic rings. The quantitative estimate of drug-likeness (QED) is 0.485. The monoisotopic (exact) mass is 330 g/mol. The zero-order chi connectivity index (χ0) is 13.9. The van der Waals surface area contributed by atoms with Gasteiger partial charge in [-0.2, -0.15) is 0 Å². The highest BCUT2D eigenvalue weighted by Crippen LogP contribution is 2.20. The van der Waals surface area contributed by atoms with E-state index >= 15 is 0 Å². The fourth-order valence-electron chi connectivity index (χ4n) is 1.67. The lowest BCUT2D eigenvalue weighted by atomic mass is 10.1. The number of alkyl halides is 1. The van der Waals surface area contributed by atoms with Crippen LogP contribution in [0.3, 0.4) is 0 Å². The van der Waals surface area contributed by atoms with E-state index in [1.165, 1.54) is 11.1 Å². The van der Waals surface area contributed by atoms with Crippen LogP contribution in [0.5, 0.6) is 0 Å².